The van der Waals surface area contributed by atoms with E-state index < -0.39 is 0 Å². The molecule has 0 radical (unpaired) electrons. The SMILES string of the molecule is Cc1ccc(C(=O)NC2CCCCC2)cn1. The summed E-state index contributed by atoms with van der Waals surface area (Å²) in [5.41, 5.74) is 1.60. The van der Waals surface area contributed by atoms with E-state index in [0.717, 1.165) is 18.5 Å². The summed E-state index contributed by atoms with van der Waals surface area (Å²) in [6, 6.07) is 4.07. The van der Waals surface area contributed by atoms with Gasteiger partial charge in [0, 0.05) is 17.9 Å². The van der Waals surface area contributed by atoms with E-state index in [1.54, 1.807) is 6.20 Å². The van der Waals surface area contributed by atoms with Crippen LogP contribution in [0.3, 0.4) is 0 Å². The maximum absolute atomic E-state index is 11.9. The van der Waals surface area contributed by atoms with Crippen LogP contribution in [0.4, 0.5) is 0 Å². The highest BCUT2D eigenvalue weighted by Gasteiger charge is 2.16. The molecule has 0 spiro atoms. The molecule has 0 atom stereocenters. The third-order valence-electron chi connectivity index (χ3n) is 3.11. The zero-order valence-corrected chi connectivity index (χ0v) is 9.70. The Labute approximate surface area is 96.3 Å². The molecular formula is C13H18N2O. The highest BCUT2D eigenvalue weighted by atomic mass is 16.1. The van der Waals surface area contributed by atoms with Gasteiger partial charge in [0.2, 0.25) is 0 Å². The molecule has 0 bridgehead atoms. The van der Waals surface area contributed by atoms with E-state index in [1.165, 1.54) is 19.3 Å². The molecule has 0 saturated heterocycles. The molecule has 0 unspecified atom stereocenters. The summed E-state index contributed by atoms with van der Waals surface area (Å²) >= 11 is 0. The molecule has 0 aromatic carbocycles. The van der Waals surface area contributed by atoms with Gasteiger partial charge in [-0.15, -0.1) is 0 Å². The Hall–Kier alpha value is -1.38. The fourth-order valence-electron chi connectivity index (χ4n) is 2.12. The van der Waals surface area contributed by atoms with Gasteiger partial charge in [-0.05, 0) is 31.9 Å². The first-order chi connectivity index (χ1) is 7.75. The first kappa shape index (κ1) is 11.1. The molecule has 1 fully saturated rings. The maximum Gasteiger partial charge on any atom is 0.253 e. The molecule has 1 N–H and O–H groups in total. The molecule has 0 aliphatic heterocycles. The summed E-state index contributed by atoms with van der Waals surface area (Å²) < 4.78 is 0. The van der Waals surface area contributed by atoms with Crippen LogP contribution in [-0.2, 0) is 0 Å². The topological polar surface area (TPSA) is 42.0 Å². The number of nitrogens with zero attached hydrogens (tertiary/aromatic N) is 1. The van der Waals surface area contributed by atoms with Crippen LogP contribution in [0.2, 0.25) is 0 Å². The smallest absolute Gasteiger partial charge is 0.253 e. The number of aryl methyl sites for hydroxylation is 1. The molecular weight excluding hydrogens is 200 g/mol. The summed E-state index contributed by atoms with van der Waals surface area (Å²) in [7, 11) is 0. The molecule has 86 valence electrons. The van der Waals surface area contributed by atoms with Gasteiger partial charge in [0.1, 0.15) is 0 Å². The van der Waals surface area contributed by atoms with E-state index in [9.17, 15) is 4.79 Å². The number of pyridine rings is 1. The largest absolute Gasteiger partial charge is 0.349 e. The van der Waals surface area contributed by atoms with E-state index in [0.29, 0.717) is 11.6 Å². The van der Waals surface area contributed by atoms with Gasteiger partial charge in [-0.3, -0.25) is 9.78 Å². The summed E-state index contributed by atoms with van der Waals surface area (Å²) in [6.07, 6.45) is 7.65. The van der Waals surface area contributed by atoms with Crippen LogP contribution in [0.25, 0.3) is 0 Å². The lowest BCUT2D eigenvalue weighted by atomic mass is 9.95. The van der Waals surface area contributed by atoms with Gasteiger partial charge in [-0.2, -0.15) is 0 Å². The van der Waals surface area contributed by atoms with Crippen LogP contribution in [0.15, 0.2) is 18.3 Å². The second-order valence-corrected chi connectivity index (χ2v) is 4.50. The van der Waals surface area contributed by atoms with Gasteiger partial charge in [0.25, 0.3) is 5.91 Å². The number of aromatic nitrogens is 1. The Kier molecular flexibility index (Phi) is 3.54. The summed E-state index contributed by atoms with van der Waals surface area (Å²) in [5.74, 6) is 0.0133. The van der Waals surface area contributed by atoms with E-state index >= 15 is 0 Å². The molecule has 1 aromatic heterocycles. The van der Waals surface area contributed by atoms with Crippen molar-refractivity contribution in [2.45, 2.75) is 45.1 Å². The first-order valence-corrected chi connectivity index (χ1v) is 5.99. The van der Waals surface area contributed by atoms with Crippen LogP contribution in [-0.4, -0.2) is 16.9 Å². The molecule has 2 rings (SSSR count). The van der Waals surface area contributed by atoms with Crippen LogP contribution in [0.5, 0.6) is 0 Å². The van der Waals surface area contributed by atoms with Gasteiger partial charge in [0.15, 0.2) is 0 Å². The number of hydrogen-bond donors (Lipinski definition) is 1. The molecule has 1 aliphatic carbocycles. The Morgan fingerprint density at radius 1 is 1.31 bits per heavy atom. The highest BCUT2D eigenvalue weighted by Crippen LogP contribution is 2.17. The summed E-state index contributed by atoms with van der Waals surface area (Å²) in [4.78, 5) is 16.0. The van der Waals surface area contributed by atoms with E-state index in [2.05, 4.69) is 10.3 Å². The second-order valence-electron chi connectivity index (χ2n) is 4.50. The third-order valence-corrected chi connectivity index (χ3v) is 3.11. The molecule has 3 nitrogen and oxygen atoms in total. The van der Waals surface area contributed by atoms with Crippen molar-refractivity contribution in [1.29, 1.82) is 0 Å². The molecule has 1 saturated carbocycles. The number of nitrogens with one attached hydrogen (secondary N) is 1. The minimum Gasteiger partial charge on any atom is -0.349 e. The minimum absolute atomic E-state index is 0.0133. The van der Waals surface area contributed by atoms with E-state index in [1.807, 2.05) is 19.1 Å². The van der Waals surface area contributed by atoms with Crippen molar-refractivity contribution in [2.24, 2.45) is 0 Å². The van der Waals surface area contributed by atoms with Gasteiger partial charge < -0.3 is 5.32 Å². The Balaban J connectivity index is 1.94. The fraction of sp³-hybridized carbons (Fsp3) is 0.538. The first-order valence-electron chi connectivity index (χ1n) is 5.99. The van der Waals surface area contributed by atoms with Crippen molar-refractivity contribution < 1.29 is 4.79 Å². The normalized spacial score (nSPS) is 17.1. The van der Waals surface area contributed by atoms with Crippen molar-refractivity contribution in [2.75, 3.05) is 0 Å². The molecule has 16 heavy (non-hydrogen) atoms. The van der Waals surface area contributed by atoms with Crippen molar-refractivity contribution in [3.8, 4) is 0 Å². The zero-order valence-electron chi connectivity index (χ0n) is 9.70. The van der Waals surface area contributed by atoms with Crippen molar-refractivity contribution in [3.63, 3.8) is 0 Å². The van der Waals surface area contributed by atoms with Crippen molar-refractivity contribution in [3.05, 3.63) is 29.6 Å². The number of carbonyl (C=O) groups excluding carboxylic acids is 1. The van der Waals surface area contributed by atoms with Gasteiger partial charge in [-0.25, -0.2) is 0 Å². The van der Waals surface area contributed by atoms with Crippen LogP contribution >= 0.6 is 0 Å². The van der Waals surface area contributed by atoms with Gasteiger partial charge >= 0.3 is 0 Å². The van der Waals surface area contributed by atoms with Crippen molar-refractivity contribution in [1.82, 2.24) is 10.3 Å². The Morgan fingerprint density at radius 2 is 2.06 bits per heavy atom. The lowest BCUT2D eigenvalue weighted by molar-refractivity contribution is 0.0927. The average molecular weight is 218 g/mol. The Bertz CT molecular complexity index is 353. The number of carbonyl (C=O) groups is 1. The molecule has 1 aromatic rings. The molecule has 1 aliphatic rings. The number of amides is 1. The quantitative estimate of drug-likeness (QED) is 0.828. The zero-order chi connectivity index (χ0) is 11.4. The van der Waals surface area contributed by atoms with Crippen LogP contribution in [0, 0.1) is 6.92 Å². The predicted molar refractivity (Wildman–Crippen MR) is 63.3 cm³/mol. The number of hydrogen-bond acceptors (Lipinski definition) is 2. The minimum atomic E-state index is 0.0133. The highest BCUT2D eigenvalue weighted by molar-refractivity contribution is 5.94. The van der Waals surface area contributed by atoms with Crippen LogP contribution < -0.4 is 5.32 Å². The lowest BCUT2D eigenvalue weighted by Gasteiger charge is -2.22. The van der Waals surface area contributed by atoms with E-state index in [4.69, 9.17) is 0 Å². The van der Waals surface area contributed by atoms with Crippen molar-refractivity contribution >= 4 is 5.91 Å². The average Bonchev–Trinajstić information content (AvgIpc) is 2.31. The predicted octanol–water partition coefficient (Wildman–Crippen LogP) is 2.45. The third kappa shape index (κ3) is 2.81. The van der Waals surface area contributed by atoms with E-state index in [-0.39, 0.29) is 5.91 Å². The maximum atomic E-state index is 11.9. The van der Waals surface area contributed by atoms with Gasteiger partial charge in [0.05, 0.1) is 5.56 Å². The summed E-state index contributed by atoms with van der Waals surface area (Å²) in [5, 5.41) is 3.08. The Morgan fingerprint density at radius 3 is 2.69 bits per heavy atom. The van der Waals surface area contributed by atoms with Crippen LogP contribution in [0.1, 0.15) is 48.2 Å². The second kappa shape index (κ2) is 5.10. The molecule has 3 heteroatoms. The molecule has 1 amide bonds. The monoisotopic (exact) mass is 218 g/mol. The van der Waals surface area contributed by atoms with Gasteiger partial charge in [-0.1, -0.05) is 19.3 Å². The standard InChI is InChI=1S/C13H18N2O/c1-10-7-8-11(9-14-10)13(16)15-12-5-3-2-4-6-12/h7-9,12H,2-6H2,1H3,(H,15,16). The molecule has 1 heterocycles. The fourth-order valence-corrected chi connectivity index (χ4v) is 2.12. The summed E-state index contributed by atoms with van der Waals surface area (Å²) in [6.45, 7) is 1.92. The lowest BCUT2D eigenvalue weighted by Crippen LogP contribution is -2.36. The number of rotatable bonds is 2.